The molecule has 0 radical (unpaired) electrons. The first-order chi connectivity index (χ1) is 8.36. The summed E-state index contributed by atoms with van der Waals surface area (Å²) in [6, 6.07) is 1.37. The van der Waals surface area contributed by atoms with Crippen molar-refractivity contribution in [3.8, 4) is 6.07 Å². The van der Waals surface area contributed by atoms with Crippen molar-refractivity contribution in [3.05, 3.63) is 24.3 Å². The van der Waals surface area contributed by atoms with Crippen LogP contribution in [-0.2, 0) is 19.1 Å². The molecule has 0 unspecified atom stereocenters. The maximum Gasteiger partial charge on any atom is 0.345 e. The second-order valence-electron chi connectivity index (χ2n) is 3.01. The summed E-state index contributed by atoms with van der Waals surface area (Å²) in [6.07, 6.45) is 0. The molecule has 0 amide bonds. The highest BCUT2D eigenvalue weighted by molar-refractivity contribution is 5.90. The van der Waals surface area contributed by atoms with Crippen LogP contribution in [0.3, 0.4) is 0 Å². The second kappa shape index (κ2) is 11.4. The van der Waals surface area contributed by atoms with Gasteiger partial charge in [-0.05, 0) is 13.8 Å². The molecule has 1 N–H and O–H groups in total. The van der Waals surface area contributed by atoms with E-state index in [-0.39, 0.29) is 5.97 Å². The van der Waals surface area contributed by atoms with Crippen molar-refractivity contribution >= 4 is 11.9 Å². The van der Waals surface area contributed by atoms with Crippen LogP contribution in [0.1, 0.15) is 13.8 Å². The molecule has 0 aromatic heterocycles. The van der Waals surface area contributed by atoms with E-state index in [9.17, 15) is 9.59 Å². The normalized spacial score (nSPS) is 8.28. The Hall–Kier alpha value is -2.13. The van der Waals surface area contributed by atoms with Gasteiger partial charge in [-0.2, -0.15) is 5.26 Å². The number of nitriles is 1. The minimum atomic E-state index is -1.26. The van der Waals surface area contributed by atoms with Gasteiger partial charge in [-0.3, -0.25) is 0 Å². The van der Waals surface area contributed by atoms with E-state index < -0.39 is 11.5 Å². The lowest BCUT2D eigenvalue weighted by atomic mass is 10.4. The molecule has 0 aliphatic heterocycles. The fraction of sp³-hybridized carbons (Fsp3) is 0.417. The van der Waals surface area contributed by atoms with Crippen molar-refractivity contribution < 1.29 is 24.2 Å². The van der Waals surface area contributed by atoms with Gasteiger partial charge in [0, 0.05) is 12.2 Å². The van der Waals surface area contributed by atoms with Crippen LogP contribution in [-0.4, -0.2) is 36.9 Å². The molecule has 0 fully saturated rings. The molecule has 0 saturated heterocycles. The Morgan fingerprint density at radius 1 is 1.33 bits per heavy atom. The molecular formula is C12H17NO5. The topological polar surface area (TPSA) is 96.6 Å². The summed E-state index contributed by atoms with van der Waals surface area (Å²) in [5.41, 5.74) is -0.0125. The van der Waals surface area contributed by atoms with Gasteiger partial charge in [0.15, 0.2) is 0 Å². The van der Waals surface area contributed by atoms with Crippen LogP contribution in [0.15, 0.2) is 24.3 Å². The number of carbonyl (C=O) groups excluding carboxylic acids is 1. The minimum Gasteiger partial charge on any atom is -0.477 e. The average molecular weight is 255 g/mol. The highest BCUT2D eigenvalue weighted by atomic mass is 16.6. The maximum absolute atomic E-state index is 10.7. The Labute approximate surface area is 106 Å². The largest absolute Gasteiger partial charge is 0.477 e. The van der Waals surface area contributed by atoms with Crippen LogP contribution in [0, 0.1) is 11.3 Å². The van der Waals surface area contributed by atoms with Crippen LogP contribution in [0.5, 0.6) is 0 Å². The van der Waals surface area contributed by atoms with Crippen molar-refractivity contribution in [1.82, 2.24) is 0 Å². The lowest BCUT2D eigenvalue weighted by Gasteiger charge is -2.03. The molecule has 6 heteroatoms. The molecule has 6 nitrogen and oxygen atoms in total. The average Bonchev–Trinajstić information content (AvgIpc) is 2.33. The number of aliphatic carboxylic acids is 1. The Balaban J connectivity index is 0. The van der Waals surface area contributed by atoms with Gasteiger partial charge < -0.3 is 14.6 Å². The molecule has 0 bridgehead atoms. The summed E-state index contributed by atoms with van der Waals surface area (Å²) in [7, 11) is 0. The molecule has 0 aliphatic rings. The van der Waals surface area contributed by atoms with Crippen LogP contribution in [0.2, 0.25) is 0 Å². The number of carboxylic acids is 1. The van der Waals surface area contributed by atoms with Crippen LogP contribution in [0.4, 0.5) is 0 Å². The summed E-state index contributed by atoms with van der Waals surface area (Å²) >= 11 is 0. The Kier molecular flexibility index (Phi) is 11.5. The first-order valence-corrected chi connectivity index (χ1v) is 5.09. The molecule has 0 spiro atoms. The zero-order chi connectivity index (χ0) is 14.6. The number of hydrogen-bond acceptors (Lipinski definition) is 5. The highest BCUT2D eigenvalue weighted by Crippen LogP contribution is 1.91. The highest BCUT2D eigenvalue weighted by Gasteiger charge is 2.00. The molecule has 0 aliphatic carbocycles. The summed E-state index contributed by atoms with van der Waals surface area (Å²) in [4.78, 5) is 20.3. The third-order valence-electron chi connectivity index (χ3n) is 1.41. The van der Waals surface area contributed by atoms with E-state index in [1.165, 1.54) is 6.07 Å². The van der Waals surface area contributed by atoms with E-state index in [2.05, 4.69) is 13.2 Å². The summed E-state index contributed by atoms with van der Waals surface area (Å²) in [5.74, 6) is -1.62. The van der Waals surface area contributed by atoms with Crippen molar-refractivity contribution in [2.75, 3.05) is 19.8 Å². The monoisotopic (exact) mass is 255 g/mol. The van der Waals surface area contributed by atoms with Crippen molar-refractivity contribution in [2.24, 2.45) is 0 Å². The molecule has 0 heterocycles. The minimum absolute atomic E-state index is 0.305. The zero-order valence-corrected chi connectivity index (χ0v) is 10.6. The number of carboxylic acid groups (broad SMARTS) is 1. The number of esters is 1. The quantitative estimate of drug-likeness (QED) is 0.332. The molecule has 0 atom stereocenters. The molecule has 0 saturated carbocycles. The summed E-state index contributed by atoms with van der Waals surface area (Å²) < 4.78 is 9.70. The van der Waals surface area contributed by atoms with Gasteiger partial charge in [-0.25, -0.2) is 9.59 Å². The first kappa shape index (κ1) is 18.2. The smallest absolute Gasteiger partial charge is 0.345 e. The number of hydrogen-bond donors (Lipinski definition) is 1. The van der Waals surface area contributed by atoms with Crippen molar-refractivity contribution in [2.45, 2.75) is 13.8 Å². The molecular weight excluding hydrogens is 238 g/mol. The van der Waals surface area contributed by atoms with Gasteiger partial charge >= 0.3 is 11.9 Å². The van der Waals surface area contributed by atoms with Gasteiger partial charge in [0.05, 0.1) is 6.61 Å². The third kappa shape index (κ3) is 11.9. The Morgan fingerprint density at radius 3 is 2.17 bits per heavy atom. The first-order valence-electron chi connectivity index (χ1n) is 5.09. The molecule has 0 aromatic carbocycles. The second-order valence-corrected chi connectivity index (χ2v) is 3.01. The fourth-order valence-electron chi connectivity index (χ4n) is 0.509. The van der Waals surface area contributed by atoms with E-state index in [1.807, 2.05) is 6.92 Å². The van der Waals surface area contributed by atoms with E-state index in [0.29, 0.717) is 25.4 Å². The number of nitrogens with zero attached hydrogens (tertiary/aromatic N) is 1. The van der Waals surface area contributed by atoms with Gasteiger partial charge in [0.25, 0.3) is 0 Å². The molecule has 100 valence electrons. The Bertz CT molecular complexity index is 354. The van der Waals surface area contributed by atoms with E-state index in [0.717, 1.165) is 0 Å². The van der Waals surface area contributed by atoms with E-state index >= 15 is 0 Å². The van der Waals surface area contributed by atoms with Gasteiger partial charge in [-0.1, -0.05) is 13.2 Å². The van der Waals surface area contributed by atoms with E-state index in [4.69, 9.17) is 19.8 Å². The maximum atomic E-state index is 10.7. The third-order valence-corrected chi connectivity index (χ3v) is 1.41. The van der Waals surface area contributed by atoms with Crippen LogP contribution in [0.25, 0.3) is 0 Å². The van der Waals surface area contributed by atoms with E-state index in [1.54, 1.807) is 6.92 Å². The molecule has 0 aromatic rings. The Morgan fingerprint density at radius 2 is 1.89 bits per heavy atom. The van der Waals surface area contributed by atoms with Crippen molar-refractivity contribution in [3.63, 3.8) is 0 Å². The summed E-state index contributed by atoms with van der Waals surface area (Å²) in [5, 5.41) is 15.6. The predicted octanol–water partition coefficient (Wildman–Crippen LogP) is 1.29. The fourth-order valence-corrected chi connectivity index (χ4v) is 0.509. The van der Waals surface area contributed by atoms with Gasteiger partial charge in [0.1, 0.15) is 18.2 Å². The van der Waals surface area contributed by atoms with Crippen molar-refractivity contribution in [1.29, 1.82) is 5.26 Å². The van der Waals surface area contributed by atoms with Crippen LogP contribution >= 0.6 is 0 Å². The van der Waals surface area contributed by atoms with Gasteiger partial charge in [-0.15, -0.1) is 0 Å². The SMILES string of the molecule is C=C(C#N)C(=O)O.C=C(C)C(=O)OCCOCC. The predicted molar refractivity (Wildman–Crippen MR) is 64.7 cm³/mol. The van der Waals surface area contributed by atoms with Gasteiger partial charge in [0.2, 0.25) is 0 Å². The molecule has 0 rings (SSSR count). The number of carbonyl (C=O) groups is 2. The summed E-state index contributed by atoms with van der Waals surface area (Å²) in [6.45, 7) is 11.3. The zero-order valence-electron chi connectivity index (χ0n) is 10.6. The number of ether oxygens (including phenoxy) is 2. The lowest BCUT2D eigenvalue weighted by molar-refractivity contribution is -0.140. The lowest BCUT2D eigenvalue weighted by Crippen LogP contribution is -2.10. The molecule has 18 heavy (non-hydrogen) atoms. The standard InChI is InChI=1S/C8H14O3.C4H3NO2/c1-4-10-5-6-11-8(9)7(2)3;1-3(2-5)4(6)7/h2,4-6H2,1,3H3;1H2,(H,6,7). The number of rotatable bonds is 6. The van der Waals surface area contributed by atoms with Crippen LogP contribution < -0.4 is 0 Å².